The van der Waals surface area contributed by atoms with Crippen LogP contribution in [0.3, 0.4) is 0 Å². The van der Waals surface area contributed by atoms with Crippen LogP contribution < -0.4 is 15.0 Å². The Bertz CT molecular complexity index is 804. The molecule has 1 aromatic carbocycles. The third-order valence-electron chi connectivity index (χ3n) is 4.00. The first-order valence-corrected chi connectivity index (χ1v) is 8.65. The summed E-state index contributed by atoms with van der Waals surface area (Å²) in [4.78, 5) is 10.6. The smallest absolute Gasteiger partial charge is 0.127 e. The Morgan fingerprint density at radius 2 is 1.81 bits per heavy atom. The van der Waals surface area contributed by atoms with Crippen LogP contribution in [-0.4, -0.2) is 24.1 Å². The van der Waals surface area contributed by atoms with Crippen LogP contribution in [0.1, 0.15) is 16.7 Å². The summed E-state index contributed by atoms with van der Waals surface area (Å²) in [6.07, 6.45) is 5.50. The van der Waals surface area contributed by atoms with E-state index in [1.807, 2.05) is 67.8 Å². The van der Waals surface area contributed by atoms with Crippen LogP contribution in [0.25, 0.3) is 0 Å². The SMILES string of the molecule is CN(C)c1ccc(CNCc2ccccc2OCc2cccnc2)cn1. The summed E-state index contributed by atoms with van der Waals surface area (Å²) in [6.45, 7) is 2.01. The number of pyridine rings is 2. The van der Waals surface area contributed by atoms with Crippen molar-refractivity contribution >= 4 is 5.82 Å². The standard InChI is InChI=1S/C21H24N4O/c1-25(2)21-10-9-17(14-24-21)12-23-15-19-7-3-4-8-20(19)26-16-18-6-5-11-22-13-18/h3-11,13-14,23H,12,15-16H2,1-2H3. The van der Waals surface area contributed by atoms with Crippen molar-refractivity contribution in [2.24, 2.45) is 0 Å². The molecule has 0 radical (unpaired) electrons. The maximum absolute atomic E-state index is 5.97. The molecule has 0 aliphatic rings. The fraction of sp³-hybridized carbons (Fsp3) is 0.238. The maximum atomic E-state index is 5.97. The molecule has 1 N–H and O–H groups in total. The summed E-state index contributed by atoms with van der Waals surface area (Å²) in [5, 5.41) is 3.46. The van der Waals surface area contributed by atoms with Gasteiger partial charge in [-0.15, -0.1) is 0 Å². The van der Waals surface area contributed by atoms with Crippen molar-refractivity contribution in [2.75, 3.05) is 19.0 Å². The molecule has 0 aliphatic heterocycles. The summed E-state index contributed by atoms with van der Waals surface area (Å²) >= 11 is 0. The summed E-state index contributed by atoms with van der Waals surface area (Å²) in [5.41, 5.74) is 3.35. The molecule has 0 unspecified atom stereocenters. The van der Waals surface area contributed by atoms with Gasteiger partial charge in [0.1, 0.15) is 18.2 Å². The molecule has 26 heavy (non-hydrogen) atoms. The normalized spacial score (nSPS) is 10.5. The summed E-state index contributed by atoms with van der Waals surface area (Å²) in [5.74, 6) is 1.85. The van der Waals surface area contributed by atoms with E-state index in [4.69, 9.17) is 4.74 Å². The number of nitrogens with one attached hydrogen (secondary N) is 1. The first kappa shape index (κ1) is 17.9. The van der Waals surface area contributed by atoms with E-state index in [1.54, 1.807) is 6.20 Å². The van der Waals surface area contributed by atoms with Gasteiger partial charge in [0.05, 0.1) is 0 Å². The molecule has 5 nitrogen and oxygen atoms in total. The molecule has 5 heteroatoms. The van der Waals surface area contributed by atoms with E-state index in [-0.39, 0.29) is 0 Å². The summed E-state index contributed by atoms with van der Waals surface area (Å²) < 4.78 is 5.97. The van der Waals surface area contributed by atoms with Crippen LogP contribution in [-0.2, 0) is 19.7 Å². The minimum absolute atomic E-state index is 0.515. The third-order valence-corrected chi connectivity index (χ3v) is 4.00. The predicted octanol–water partition coefficient (Wildman–Crippen LogP) is 3.41. The van der Waals surface area contributed by atoms with Gasteiger partial charge in [-0.1, -0.05) is 30.3 Å². The number of anilines is 1. The molecule has 134 valence electrons. The second kappa shape index (κ2) is 8.97. The number of hydrogen-bond acceptors (Lipinski definition) is 5. The lowest BCUT2D eigenvalue weighted by Gasteiger charge is -2.13. The average molecular weight is 348 g/mol. The molecule has 2 heterocycles. The molecule has 0 saturated heterocycles. The fourth-order valence-corrected chi connectivity index (χ4v) is 2.56. The number of nitrogens with zero attached hydrogens (tertiary/aromatic N) is 3. The van der Waals surface area contributed by atoms with Gasteiger partial charge < -0.3 is 15.0 Å². The Kier molecular flexibility index (Phi) is 6.17. The van der Waals surface area contributed by atoms with Crippen molar-refractivity contribution in [3.05, 3.63) is 83.8 Å². The van der Waals surface area contributed by atoms with E-state index in [0.29, 0.717) is 6.61 Å². The number of aromatic nitrogens is 2. The lowest BCUT2D eigenvalue weighted by molar-refractivity contribution is 0.301. The molecule has 0 spiro atoms. The van der Waals surface area contributed by atoms with E-state index in [2.05, 4.69) is 27.4 Å². The van der Waals surface area contributed by atoms with Crippen molar-refractivity contribution < 1.29 is 4.74 Å². The fourth-order valence-electron chi connectivity index (χ4n) is 2.56. The molecule has 2 aromatic heterocycles. The minimum atomic E-state index is 0.515. The van der Waals surface area contributed by atoms with Crippen molar-refractivity contribution in [1.29, 1.82) is 0 Å². The Balaban J connectivity index is 1.54. The average Bonchev–Trinajstić information content (AvgIpc) is 2.68. The van der Waals surface area contributed by atoms with Crippen molar-refractivity contribution in [1.82, 2.24) is 15.3 Å². The van der Waals surface area contributed by atoms with Crippen LogP contribution in [0, 0.1) is 0 Å². The topological polar surface area (TPSA) is 50.3 Å². The largest absolute Gasteiger partial charge is 0.489 e. The predicted molar refractivity (Wildman–Crippen MR) is 104 cm³/mol. The van der Waals surface area contributed by atoms with Gasteiger partial charge in [-0.2, -0.15) is 0 Å². The number of ether oxygens (including phenoxy) is 1. The van der Waals surface area contributed by atoms with Gasteiger partial charge >= 0.3 is 0 Å². The lowest BCUT2D eigenvalue weighted by atomic mass is 10.2. The van der Waals surface area contributed by atoms with E-state index >= 15 is 0 Å². The van der Waals surface area contributed by atoms with Gasteiger partial charge in [0.25, 0.3) is 0 Å². The molecular formula is C21H24N4O. The maximum Gasteiger partial charge on any atom is 0.127 e. The van der Waals surface area contributed by atoms with E-state index in [9.17, 15) is 0 Å². The summed E-state index contributed by atoms with van der Waals surface area (Å²) in [6, 6.07) is 16.2. The van der Waals surface area contributed by atoms with Crippen molar-refractivity contribution in [3.8, 4) is 5.75 Å². The van der Waals surface area contributed by atoms with E-state index in [1.165, 1.54) is 0 Å². The Hall–Kier alpha value is -2.92. The molecule has 3 aromatic rings. The zero-order chi connectivity index (χ0) is 18.2. The van der Waals surface area contributed by atoms with Gasteiger partial charge in [0.2, 0.25) is 0 Å². The van der Waals surface area contributed by atoms with Gasteiger partial charge in [-0.25, -0.2) is 4.98 Å². The zero-order valence-electron chi connectivity index (χ0n) is 15.2. The highest BCUT2D eigenvalue weighted by Gasteiger charge is 2.04. The van der Waals surface area contributed by atoms with Gasteiger partial charge in [-0.3, -0.25) is 4.98 Å². The van der Waals surface area contributed by atoms with Crippen LogP contribution in [0.15, 0.2) is 67.1 Å². The highest BCUT2D eigenvalue weighted by atomic mass is 16.5. The van der Waals surface area contributed by atoms with Crippen LogP contribution in [0.4, 0.5) is 5.82 Å². The number of hydrogen-bond donors (Lipinski definition) is 1. The summed E-state index contributed by atoms with van der Waals surface area (Å²) in [7, 11) is 3.98. The highest BCUT2D eigenvalue weighted by molar-refractivity contribution is 5.37. The Morgan fingerprint density at radius 1 is 0.923 bits per heavy atom. The van der Waals surface area contributed by atoms with Gasteiger partial charge in [0, 0.05) is 56.9 Å². The van der Waals surface area contributed by atoms with Crippen molar-refractivity contribution in [2.45, 2.75) is 19.7 Å². The second-order valence-corrected chi connectivity index (χ2v) is 6.28. The molecule has 0 saturated carbocycles. The number of benzene rings is 1. The third kappa shape index (κ3) is 5.04. The molecular weight excluding hydrogens is 324 g/mol. The van der Waals surface area contributed by atoms with Crippen LogP contribution in [0.2, 0.25) is 0 Å². The first-order chi connectivity index (χ1) is 12.7. The molecule has 0 bridgehead atoms. The molecule has 0 aliphatic carbocycles. The van der Waals surface area contributed by atoms with Crippen LogP contribution >= 0.6 is 0 Å². The van der Waals surface area contributed by atoms with Gasteiger partial charge in [-0.05, 0) is 23.8 Å². The molecule has 0 fully saturated rings. The zero-order valence-corrected chi connectivity index (χ0v) is 15.2. The number of rotatable bonds is 8. The van der Waals surface area contributed by atoms with Crippen molar-refractivity contribution in [3.63, 3.8) is 0 Å². The monoisotopic (exact) mass is 348 g/mol. The quantitative estimate of drug-likeness (QED) is 0.676. The second-order valence-electron chi connectivity index (χ2n) is 6.28. The molecule has 0 amide bonds. The minimum Gasteiger partial charge on any atom is -0.489 e. The van der Waals surface area contributed by atoms with E-state index < -0.39 is 0 Å². The molecule has 3 rings (SSSR count). The number of para-hydroxylation sites is 1. The highest BCUT2D eigenvalue weighted by Crippen LogP contribution is 2.19. The van der Waals surface area contributed by atoms with Gasteiger partial charge in [0.15, 0.2) is 0 Å². The van der Waals surface area contributed by atoms with Crippen LogP contribution in [0.5, 0.6) is 5.75 Å². The molecule has 0 atom stereocenters. The Labute approximate surface area is 154 Å². The van der Waals surface area contributed by atoms with E-state index in [0.717, 1.165) is 41.3 Å². The lowest BCUT2D eigenvalue weighted by Crippen LogP contribution is -2.15. The Morgan fingerprint density at radius 3 is 2.54 bits per heavy atom. The first-order valence-electron chi connectivity index (χ1n) is 8.65.